The maximum absolute atomic E-state index is 12.5. The van der Waals surface area contributed by atoms with Gasteiger partial charge in [0, 0.05) is 10.8 Å². The summed E-state index contributed by atoms with van der Waals surface area (Å²) >= 11 is 1.42. The minimum absolute atomic E-state index is 0.0226. The molecule has 4 nitrogen and oxygen atoms in total. The van der Waals surface area contributed by atoms with Crippen LogP contribution in [0, 0.1) is 19.8 Å². The van der Waals surface area contributed by atoms with E-state index in [-0.39, 0.29) is 17.7 Å². The highest BCUT2D eigenvalue weighted by Crippen LogP contribution is 2.48. The van der Waals surface area contributed by atoms with E-state index in [9.17, 15) is 9.59 Å². The Morgan fingerprint density at radius 2 is 1.91 bits per heavy atom. The molecule has 1 saturated carbocycles. The van der Waals surface area contributed by atoms with Gasteiger partial charge in [0.15, 0.2) is 0 Å². The number of hydrogen-bond donors (Lipinski definition) is 1. The maximum atomic E-state index is 12.5. The number of aryl methyl sites for hydroxylation is 1. The number of benzene rings is 1. The largest absolute Gasteiger partial charge is 0.465 e. The fraction of sp³-hybridized carbons (Fsp3) is 0.333. The third-order valence-electron chi connectivity index (χ3n) is 4.37. The van der Waals surface area contributed by atoms with Crippen molar-refractivity contribution in [2.24, 2.45) is 5.92 Å². The van der Waals surface area contributed by atoms with Crippen molar-refractivity contribution in [2.45, 2.75) is 26.2 Å². The smallest absolute Gasteiger partial charge is 0.341 e. The summed E-state index contributed by atoms with van der Waals surface area (Å²) in [5, 5.41) is 3.52. The van der Waals surface area contributed by atoms with Gasteiger partial charge in [0.2, 0.25) is 5.91 Å². The monoisotopic (exact) mass is 329 g/mol. The molecule has 1 aliphatic rings. The summed E-state index contributed by atoms with van der Waals surface area (Å²) in [4.78, 5) is 25.5. The van der Waals surface area contributed by atoms with E-state index >= 15 is 0 Å². The molecule has 23 heavy (non-hydrogen) atoms. The Bertz CT molecular complexity index is 751. The lowest BCUT2D eigenvalue weighted by Gasteiger charge is -2.06. The van der Waals surface area contributed by atoms with Gasteiger partial charge in [-0.3, -0.25) is 4.79 Å². The van der Waals surface area contributed by atoms with Gasteiger partial charge in [0.05, 0.1) is 12.7 Å². The fourth-order valence-electron chi connectivity index (χ4n) is 2.82. The van der Waals surface area contributed by atoms with Crippen molar-refractivity contribution in [3.63, 3.8) is 0 Å². The first-order chi connectivity index (χ1) is 11.0. The zero-order valence-corrected chi connectivity index (χ0v) is 14.2. The Hall–Kier alpha value is -2.14. The first-order valence-corrected chi connectivity index (χ1v) is 8.38. The van der Waals surface area contributed by atoms with Crippen LogP contribution in [-0.4, -0.2) is 19.0 Å². The molecule has 0 spiro atoms. The summed E-state index contributed by atoms with van der Waals surface area (Å²) in [6, 6.07) is 10.1. The number of hydrogen-bond acceptors (Lipinski definition) is 4. The van der Waals surface area contributed by atoms with Crippen molar-refractivity contribution >= 4 is 28.2 Å². The molecule has 0 unspecified atom stereocenters. The summed E-state index contributed by atoms with van der Waals surface area (Å²) < 4.78 is 4.84. The molecule has 1 aromatic heterocycles. The Labute approximate surface area is 139 Å². The normalized spacial score (nSPS) is 19.3. The molecule has 1 aromatic carbocycles. The fourth-order valence-corrected chi connectivity index (χ4v) is 3.87. The summed E-state index contributed by atoms with van der Waals surface area (Å²) in [6.07, 6.45) is 0.854. The molecular weight excluding hydrogens is 310 g/mol. The first kappa shape index (κ1) is 15.7. The lowest BCUT2D eigenvalue weighted by molar-refractivity contribution is -0.117. The van der Waals surface area contributed by atoms with Gasteiger partial charge in [-0.15, -0.1) is 11.3 Å². The van der Waals surface area contributed by atoms with E-state index in [4.69, 9.17) is 4.74 Å². The van der Waals surface area contributed by atoms with Gasteiger partial charge >= 0.3 is 5.97 Å². The number of anilines is 1. The van der Waals surface area contributed by atoms with Crippen LogP contribution in [0.15, 0.2) is 30.3 Å². The summed E-state index contributed by atoms with van der Waals surface area (Å²) in [6.45, 7) is 3.81. The van der Waals surface area contributed by atoms with Crippen LogP contribution in [0.2, 0.25) is 0 Å². The van der Waals surface area contributed by atoms with Crippen LogP contribution in [0.1, 0.15) is 38.7 Å². The topological polar surface area (TPSA) is 55.4 Å². The van der Waals surface area contributed by atoms with Crippen LogP contribution in [0.4, 0.5) is 5.00 Å². The standard InChI is InChI=1S/C18H19NO3S/c1-10-11(2)23-17(15(10)18(21)22-3)19-16(20)14-9-13(14)12-7-5-4-6-8-12/h4-8,13-14H,9H2,1-3H3,(H,19,20)/t13-,14+/m0/s1. The van der Waals surface area contributed by atoms with E-state index in [0.717, 1.165) is 16.9 Å². The molecule has 0 bridgehead atoms. The van der Waals surface area contributed by atoms with Crippen LogP contribution in [-0.2, 0) is 9.53 Å². The molecule has 1 fully saturated rings. The molecule has 0 radical (unpaired) electrons. The van der Waals surface area contributed by atoms with E-state index in [1.54, 1.807) is 0 Å². The van der Waals surface area contributed by atoms with E-state index in [0.29, 0.717) is 10.6 Å². The molecule has 5 heteroatoms. The van der Waals surface area contributed by atoms with Crippen molar-refractivity contribution in [1.82, 2.24) is 0 Å². The number of rotatable bonds is 4. The molecule has 2 atom stereocenters. The van der Waals surface area contributed by atoms with Crippen LogP contribution in [0.3, 0.4) is 0 Å². The van der Waals surface area contributed by atoms with E-state index in [2.05, 4.69) is 17.4 Å². The summed E-state index contributed by atoms with van der Waals surface area (Å²) in [5.74, 6) is -0.173. The minimum atomic E-state index is -0.405. The molecule has 1 N–H and O–H groups in total. The lowest BCUT2D eigenvalue weighted by atomic mass is 10.1. The predicted octanol–water partition coefficient (Wildman–Crippen LogP) is 3.89. The SMILES string of the molecule is COC(=O)c1c(NC(=O)[C@@H]2C[C@H]2c2ccccc2)sc(C)c1C. The number of carbonyl (C=O) groups is 2. The van der Waals surface area contributed by atoms with Gasteiger partial charge in [-0.05, 0) is 37.3 Å². The number of thiophene rings is 1. The highest BCUT2D eigenvalue weighted by atomic mass is 32.1. The van der Waals surface area contributed by atoms with Crippen molar-refractivity contribution in [2.75, 3.05) is 12.4 Å². The van der Waals surface area contributed by atoms with Gasteiger partial charge in [-0.25, -0.2) is 4.79 Å². The Balaban J connectivity index is 1.75. The average molecular weight is 329 g/mol. The van der Waals surface area contributed by atoms with Gasteiger partial charge in [-0.1, -0.05) is 30.3 Å². The van der Waals surface area contributed by atoms with Crippen LogP contribution in [0.25, 0.3) is 0 Å². The summed E-state index contributed by atoms with van der Waals surface area (Å²) in [7, 11) is 1.35. The Kier molecular flexibility index (Phi) is 4.22. The molecular formula is C18H19NO3S. The Morgan fingerprint density at radius 1 is 1.22 bits per heavy atom. The number of amides is 1. The van der Waals surface area contributed by atoms with E-state index < -0.39 is 5.97 Å². The van der Waals surface area contributed by atoms with Gasteiger partial charge in [0.1, 0.15) is 5.00 Å². The van der Waals surface area contributed by atoms with Gasteiger partial charge in [0.25, 0.3) is 0 Å². The molecule has 0 saturated heterocycles. The van der Waals surface area contributed by atoms with Gasteiger partial charge < -0.3 is 10.1 Å². The highest BCUT2D eigenvalue weighted by Gasteiger charge is 2.44. The molecule has 2 aromatic rings. The molecule has 1 amide bonds. The maximum Gasteiger partial charge on any atom is 0.341 e. The van der Waals surface area contributed by atoms with E-state index in [1.807, 2.05) is 32.0 Å². The lowest BCUT2D eigenvalue weighted by Crippen LogP contribution is -2.16. The minimum Gasteiger partial charge on any atom is -0.465 e. The number of carbonyl (C=O) groups excluding carboxylic acids is 2. The third-order valence-corrected chi connectivity index (χ3v) is 5.49. The molecule has 120 valence electrons. The first-order valence-electron chi connectivity index (χ1n) is 7.57. The van der Waals surface area contributed by atoms with Crippen molar-refractivity contribution < 1.29 is 14.3 Å². The molecule has 1 aliphatic carbocycles. The second kappa shape index (κ2) is 6.16. The highest BCUT2D eigenvalue weighted by molar-refractivity contribution is 7.16. The molecule has 0 aliphatic heterocycles. The quantitative estimate of drug-likeness (QED) is 0.866. The third kappa shape index (κ3) is 3.01. The van der Waals surface area contributed by atoms with Crippen molar-refractivity contribution in [3.8, 4) is 0 Å². The molecule has 3 rings (SSSR count). The average Bonchev–Trinajstić information content (AvgIpc) is 3.31. The van der Waals surface area contributed by atoms with Crippen molar-refractivity contribution in [3.05, 3.63) is 51.9 Å². The summed E-state index contributed by atoms with van der Waals surface area (Å²) in [5.41, 5.74) is 2.53. The van der Waals surface area contributed by atoms with Crippen LogP contribution >= 0.6 is 11.3 Å². The number of ether oxygens (including phenoxy) is 1. The Morgan fingerprint density at radius 3 is 2.57 bits per heavy atom. The number of esters is 1. The van der Waals surface area contributed by atoms with Gasteiger partial charge in [-0.2, -0.15) is 0 Å². The number of methoxy groups -OCH3 is 1. The second-order valence-corrected chi connectivity index (χ2v) is 7.05. The van der Waals surface area contributed by atoms with E-state index in [1.165, 1.54) is 24.0 Å². The van der Waals surface area contributed by atoms with Crippen molar-refractivity contribution in [1.29, 1.82) is 0 Å². The van der Waals surface area contributed by atoms with Crippen LogP contribution in [0.5, 0.6) is 0 Å². The number of nitrogens with one attached hydrogen (secondary N) is 1. The zero-order valence-electron chi connectivity index (χ0n) is 13.4. The predicted molar refractivity (Wildman–Crippen MR) is 91.1 cm³/mol. The second-order valence-electron chi connectivity index (χ2n) is 5.83. The zero-order chi connectivity index (χ0) is 16.6. The van der Waals surface area contributed by atoms with Crippen LogP contribution < -0.4 is 5.32 Å². The molecule has 1 heterocycles.